The minimum Gasteiger partial charge on any atom is -0.294 e. The summed E-state index contributed by atoms with van der Waals surface area (Å²) < 4.78 is 1.21. The third-order valence-electron chi connectivity index (χ3n) is 3.01. The Morgan fingerprint density at radius 1 is 1.60 bits per heavy atom. The first-order valence-electron chi connectivity index (χ1n) is 5.29. The Morgan fingerprint density at radius 3 is 3.07 bits per heavy atom. The molecule has 1 aliphatic heterocycles. The number of alkyl halides is 1. The van der Waals surface area contributed by atoms with Crippen LogP contribution in [-0.4, -0.2) is 22.9 Å². The molecule has 1 aromatic heterocycles. The summed E-state index contributed by atoms with van der Waals surface area (Å²) in [7, 11) is 0. The van der Waals surface area contributed by atoms with E-state index in [-0.39, 0.29) is 0 Å². The van der Waals surface area contributed by atoms with E-state index in [9.17, 15) is 0 Å². The summed E-state index contributed by atoms with van der Waals surface area (Å²) in [6.45, 7) is 4.46. The second kappa shape index (κ2) is 5.17. The molecular weight excluding hydrogens is 294 g/mol. The summed E-state index contributed by atoms with van der Waals surface area (Å²) in [6, 6.07) is 4.81. The van der Waals surface area contributed by atoms with Crippen LogP contribution in [0.1, 0.15) is 24.6 Å². The maximum Gasteiger partial charge on any atom is 0.0701 e. The van der Waals surface area contributed by atoms with Crippen LogP contribution in [0, 0.1) is 0 Å². The molecule has 4 heteroatoms. The summed E-state index contributed by atoms with van der Waals surface area (Å²) in [5.41, 5.74) is 0. The van der Waals surface area contributed by atoms with E-state index in [1.807, 2.05) is 11.3 Å². The lowest BCUT2D eigenvalue weighted by Gasteiger charge is -2.36. The molecule has 0 radical (unpaired) electrons. The number of likely N-dealkylation sites (tertiary alicyclic amines) is 1. The molecule has 15 heavy (non-hydrogen) atoms. The van der Waals surface area contributed by atoms with Gasteiger partial charge in [-0.2, -0.15) is 0 Å². The van der Waals surface area contributed by atoms with Gasteiger partial charge in [-0.3, -0.25) is 4.90 Å². The molecule has 1 nitrogen and oxygen atoms in total. The van der Waals surface area contributed by atoms with Crippen molar-refractivity contribution in [2.45, 2.75) is 37.7 Å². The van der Waals surface area contributed by atoms with Gasteiger partial charge in [0.1, 0.15) is 0 Å². The molecule has 0 aliphatic carbocycles. The molecule has 1 aliphatic rings. The third kappa shape index (κ3) is 2.96. The van der Waals surface area contributed by atoms with E-state index in [4.69, 9.17) is 11.6 Å². The number of halogens is 2. The first-order valence-corrected chi connectivity index (χ1v) is 7.34. The van der Waals surface area contributed by atoms with Crippen LogP contribution in [-0.2, 0) is 6.54 Å². The predicted octanol–water partition coefficient (Wildman–Crippen LogP) is 4.10. The monoisotopic (exact) mass is 307 g/mol. The van der Waals surface area contributed by atoms with Gasteiger partial charge >= 0.3 is 0 Å². The van der Waals surface area contributed by atoms with E-state index >= 15 is 0 Å². The molecule has 1 saturated heterocycles. The summed E-state index contributed by atoms with van der Waals surface area (Å²) >= 11 is 11.6. The van der Waals surface area contributed by atoms with Gasteiger partial charge < -0.3 is 0 Å². The minimum atomic E-state index is 0.321. The van der Waals surface area contributed by atoms with E-state index in [2.05, 4.69) is 39.9 Å². The van der Waals surface area contributed by atoms with Crippen LogP contribution >= 0.6 is 38.9 Å². The Kier molecular flexibility index (Phi) is 4.10. The van der Waals surface area contributed by atoms with Crippen molar-refractivity contribution in [3.8, 4) is 0 Å². The Labute approximate surface area is 109 Å². The molecule has 1 fully saturated rings. The average Bonchev–Trinajstić information content (AvgIpc) is 2.59. The quantitative estimate of drug-likeness (QED) is 0.743. The fraction of sp³-hybridized carbons (Fsp3) is 0.636. The summed E-state index contributed by atoms with van der Waals surface area (Å²) in [5.74, 6) is 0. The van der Waals surface area contributed by atoms with Gasteiger partial charge in [0.05, 0.1) is 3.79 Å². The van der Waals surface area contributed by atoms with Gasteiger partial charge in [-0.05, 0) is 54.4 Å². The highest BCUT2D eigenvalue weighted by Gasteiger charge is 2.26. The number of rotatable bonds is 2. The van der Waals surface area contributed by atoms with Gasteiger partial charge in [-0.15, -0.1) is 22.9 Å². The maximum atomic E-state index is 6.29. The highest BCUT2D eigenvalue weighted by atomic mass is 79.9. The number of hydrogen-bond donors (Lipinski definition) is 0. The first kappa shape index (κ1) is 11.9. The average molecular weight is 309 g/mol. The maximum absolute atomic E-state index is 6.29. The molecule has 0 aromatic carbocycles. The van der Waals surface area contributed by atoms with E-state index in [1.54, 1.807) is 0 Å². The number of hydrogen-bond acceptors (Lipinski definition) is 2. The molecule has 2 rings (SSSR count). The summed E-state index contributed by atoms with van der Waals surface area (Å²) in [4.78, 5) is 3.90. The van der Waals surface area contributed by atoms with E-state index < -0.39 is 0 Å². The lowest BCUT2D eigenvalue weighted by atomic mass is 10.0. The van der Waals surface area contributed by atoms with Crippen LogP contribution in [0.4, 0.5) is 0 Å². The van der Waals surface area contributed by atoms with Crippen molar-refractivity contribution in [2.24, 2.45) is 0 Å². The highest BCUT2D eigenvalue weighted by Crippen LogP contribution is 2.27. The second-order valence-electron chi connectivity index (χ2n) is 4.08. The Bertz CT molecular complexity index is 328. The number of thiophene rings is 1. The van der Waals surface area contributed by atoms with Gasteiger partial charge in [0.25, 0.3) is 0 Å². The number of nitrogens with zero attached hydrogens (tertiary/aromatic N) is 1. The van der Waals surface area contributed by atoms with Crippen LogP contribution in [0.25, 0.3) is 0 Å². The summed E-state index contributed by atoms with van der Waals surface area (Å²) in [5, 5.41) is 0.321. The molecule has 0 spiro atoms. The third-order valence-corrected chi connectivity index (χ3v) is 5.20. The van der Waals surface area contributed by atoms with Crippen LogP contribution < -0.4 is 0 Å². The standard InChI is InChI=1S/C11H15BrClNS/c1-8-10(13)3-2-6-14(8)7-9-4-5-11(12)15-9/h4-5,8,10H,2-3,6-7H2,1H3. The second-order valence-corrected chi connectivity index (χ2v) is 7.18. The molecule has 0 bridgehead atoms. The largest absolute Gasteiger partial charge is 0.294 e. The Morgan fingerprint density at radius 2 is 2.40 bits per heavy atom. The number of piperidine rings is 1. The smallest absolute Gasteiger partial charge is 0.0701 e. The molecule has 2 unspecified atom stereocenters. The molecular formula is C11H15BrClNS. The van der Waals surface area contributed by atoms with Gasteiger partial charge in [-0.1, -0.05) is 0 Å². The SMILES string of the molecule is CC1C(Cl)CCCN1Cc1ccc(Br)s1. The van der Waals surface area contributed by atoms with Crippen LogP contribution in [0.2, 0.25) is 0 Å². The zero-order valence-corrected chi connectivity index (χ0v) is 11.9. The van der Waals surface area contributed by atoms with Gasteiger partial charge in [0.2, 0.25) is 0 Å². The lowest BCUT2D eigenvalue weighted by Crippen LogP contribution is -2.43. The van der Waals surface area contributed by atoms with E-state index in [1.165, 1.54) is 21.6 Å². The van der Waals surface area contributed by atoms with Gasteiger partial charge in [0, 0.05) is 22.8 Å². The molecule has 0 N–H and O–H groups in total. The van der Waals surface area contributed by atoms with Crippen molar-refractivity contribution in [1.29, 1.82) is 0 Å². The minimum absolute atomic E-state index is 0.321. The summed E-state index contributed by atoms with van der Waals surface area (Å²) in [6.07, 6.45) is 2.39. The molecule has 2 atom stereocenters. The topological polar surface area (TPSA) is 3.24 Å². The van der Waals surface area contributed by atoms with Crippen LogP contribution in [0.5, 0.6) is 0 Å². The lowest BCUT2D eigenvalue weighted by molar-refractivity contribution is 0.158. The first-order chi connectivity index (χ1) is 7.16. The van der Waals surface area contributed by atoms with Crippen LogP contribution in [0.3, 0.4) is 0 Å². The molecule has 1 aromatic rings. The molecule has 0 amide bonds. The van der Waals surface area contributed by atoms with Crippen LogP contribution in [0.15, 0.2) is 15.9 Å². The zero-order valence-electron chi connectivity index (χ0n) is 8.75. The fourth-order valence-corrected chi connectivity index (χ4v) is 3.85. The van der Waals surface area contributed by atoms with Crippen molar-refractivity contribution >= 4 is 38.9 Å². The zero-order chi connectivity index (χ0) is 10.8. The Balaban J connectivity index is 1.99. The Hall–Kier alpha value is 0.430. The van der Waals surface area contributed by atoms with Crippen molar-refractivity contribution in [3.63, 3.8) is 0 Å². The highest BCUT2D eigenvalue weighted by molar-refractivity contribution is 9.11. The predicted molar refractivity (Wildman–Crippen MR) is 70.8 cm³/mol. The van der Waals surface area contributed by atoms with Crippen molar-refractivity contribution < 1.29 is 0 Å². The van der Waals surface area contributed by atoms with Gasteiger partial charge in [-0.25, -0.2) is 0 Å². The fourth-order valence-electron chi connectivity index (χ4n) is 2.02. The molecule has 84 valence electrons. The molecule has 2 heterocycles. The van der Waals surface area contributed by atoms with Crippen molar-refractivity contribution in [3.05, 3.63) is 20.8 Å². The molecule has 0 saturated carbocycles. The van der Waals surface area contributed by atoms with E-state index in [0.717, 1.165) is 13.0 Å². The van der Waals surface area contributed by atoms with Crippen molar-refractivity contribution in [1.82, 2.24) is 4.90 Å². The van der Waals surface area contributed by atoms with Crippen molar-refractivity contribution in [2.75, 3.05) is 6.54 Å². The van der Waals surface area contributed by atoms with E-state index in [0.29, 0.717) is 11.4 Å². The van der Waals surface area contributed by atoms with Gasteiger partial charge in [0.15, 0.2) is 0 Å². The normalized spacial score (nSPS) is 28.2.